The lowest BCUT2D eigenvalue weighted by molar-refractivity contribution is -0.132. The molecule has 1 fully saturated rings. The summed E-state index contributed by atoms with van der Waals surface area (Å²) in [5, 5.41) is 0. The summed E-state index contributed by atoms with van der Waals surface area (Å²) in [6.45, 7) is 4.65. The van der Waals surface area contributed by atoms with E-state index in [4.69, 9.17) is 4.98 Å². The Kier molecular flexibility index (Phi) is 4.83. The van der Waals surface area contributed by atoms with Crippen LogP contribution in [-0.2, 0) is 17.8 Å². The first-order chi connectivity index (χ1) is 12.3. The Hall–Kier alpha value is -2.14. The van der Waals surface area contributed by atoms with Crippen molar-refractivity contribution in [2.45, 2.75) is 38.6 Å². The van der Waals surface area contributed by atoms with E-state index < -0.39 is 0 Å². The lowest BCUT2D eigenvalue weighted by Crippen LogP contribution is -2.39. The number of hydrogen-bond acceptors (Lipinski definition) is 3. The highest BCUT2D eigenvalue weighted by molar-refractivity contribution is 5.76. The number of piperidine rings is 1. The fourth-order valence-corrected chi connectivity index (χ4v) is 3.83. The molecule has 1 amide bonds. The minimum atomic E-state index is 0.270. The number of nitrogens with one attached hydrogen (secondary N) is 1. The van der Waals surface area contributed by atoms with Crippen LogP contribution >= 0.6 is 0 Å². The molecular weight excluding hydrogens is 312 g/mol. The van der Waals surface area contributed by atoms with Gasteiger partial charge in [-0.3, -0.25) is 4.79 Å². The molecule has 1 saturated heterocycles. The van der Waals surface area contributed by atoms with Crippen LogP contribution in [0.1, 0.15) is 37.1 Å². The number of benzene rings is 1. The van der Waals surface area contributed by atoms with Crippen LogP contribution in [0.15, 0.2) is 30.3 Å². The number of fused-ring (bicyclic) bond motifs is 1. The van der Waals surface area contributed by atoms with Crippen LogP contribution in [0.2, 0.25) is 0 Å². The summed E-state index contributed by atoms with van der Waals surface area (Å²) in [4.78, 5) is 25.2. The molecule has 1 N–H and O–H groups in total. The SMILES string of the molecule is O=C(CCN1CCCCC1)N1CCc2nc(-c3ccccc3)[nH]c2C1. The van der Waals surface area contributed by atoms with Gasteiger partial charge in [0.15, 0.2) is 0 Å². The van der Waals surface area contributed by atoms with Crippen molar-refractivity contribution in [3.63, 3.8) is 0 Å². The molecule has 0 radical (unpaired) electrons. The van der Waals surface area contributed by atoms with Crippen LogP contribution in [0.4, 0.5) is 0 Å². The van der Waals surface area contributed by atoms with Crippen molar-refractivity contribution >= 4 is 5.91 Å². The molecule has 0 aliphatic carbocycles. The zero-order valence-corrected chi connectivity index (χ0v) is 14.7. The number of likely N-dealkylation sites (tertiary alicyclic amines) is 1. The fraction of sp³-hybridized carbons (Fsp3) is 0.500. The topological polar surface area (TPSA) is 52.2 Å². The number of rotatable bonds is 4. The number of amides is 1. The third-order valence-electron chi connectivity index (χ3n) is 5.32. The Morgan fingerprint density at radius 1 is 1.08 bits per heavy atom. The second-order valence-corrected chi connectivity index (χ2v) is 7.09. The second kappa shape index (κ2) is 7.40. The molecule has 2 aromatic rings. The van der Waals surface area contributed by atoms with E-state index in [0.717, 1.165) is 55.4 Å². The van der Waals surface area contributed by atoms with Crippen molar-refractivity contribution in [3.8, 4) is 11.4 Å². The Labute approximate surface area is 149 Å². The maximum absolute atomic E-state index is 12.6. The van der Waals surface area contributed by atoms with Gasteiger partial charge >= 0.3 is 0 Å². The summed E-state index contributed by atoms with van der Waals surface area (Å²) in [5.74, 6) is 1.18. The molecule has 3 heterocycles. The largest absolute Gasteiger partial charge is 0.340 e. The van der Waals surface area contributed by atoms with Crippen molar-refractivity contribution < 1.29 is 4.79 Å². The van der Waals surface area contributed by atoms with Crippen molar-refractivity contribution in [1.29, 1.82) is 0 Å². The number of H-pyrrole nitrogens is 1. The Balaban J connectivity index is 1.37. The lowest BCUT2D eigenvalue weighted by atomic mass is 10.1. The number of aromatic amines is 1. The van der Waals surface area contributed by atoms with Crippen molar-refractivity contribution in [3.05, 3.63) is 41.7 Å². The molecule has 1 aromatic carbocycles. The standard InChI is InChI=1S/C20H26N4O/c25-19(10-13-23-11-5-2-6-12-23)24-14-9-17-18(15-24)22-20(21-17)16-7-3-1-4-8-16/h1,3-4,7-8H,2,5-6,9-15H2,(H,21,22). The van der Waals surface area contributed by atoms with E-state index in [2.05, 4.69) is 22.0 Å². The van der Waals surface area contributed by atoms with Crippen molar-refractivity contribution in [2.24, 2.45) is 0 Å². The second-order valence-electron chi connectivity index (χ2n) is 7.09. The van der Waals surface area contributed by atoms with Crippen LogP contribution in [0, 0.1) is 0 Å². The van der Waals surface area contributed by atoms with Gasteiger partial charge in [-0.2, -0.15) is 0 Å². The fourth-order valence-electron chi connectivity index (χ4n) is 3.83. The number of nitrogens with zero attached hydrogens (tertiary/aromatic N) is 3. The maximum Gasteiger partial charge on any atom is 0.224 e. The molecule has 0 unspecified atom stereocenters. The van der Waals surface area contributed by atoms with Gasteiger partial charge < -0.3 is 14.8 Å². The average molecular weight is 338 g/mol. The number of carbonyl (C=O) groups is 1. The monoisotopic (exact) mass is 338 g/mol. The van der Waals surface area contributed by atoms with Gasteiger partial charge in [0.05, 0.1) is 17.9 Å². The highest BCUT2D eigenvalue weighted by Crippen LogP contribution is 2.23. The zero-order chi connectivity index (χ0) is 17.1. The van der Waals surface area contributed by atoms with E-state index in [1.807, 2.05) is 23.1 Å². The Morgan fingerprint density at radius 2 is 1.88 bits per heavy atom. The minimum absolute atomic E-state index is 0.270. The number of aromatic nitrogens is 2. The van der Waals surface area contributed by atoms with E-state index in [-0.39, 0.29) is 5.91 Å². The predicted molar refractivity (Wildman–Crippen MR) is 98.1 cm³/mol. The highest BCUT2D eigenvalue weighted by atomic mass is 16.2. The molecular formula is C20H26N4O. The zero-order valence-electron chi connectivity index (χ0n) is 14.7. The number of imidazole rings is 1. The van der Waals surface area contributed by atoms with Crippen molar-refractivity contribution in [2.75, 3.05) is 26.2 Å². The smallest absolute Gasteiger partial charge is 0.224 e. The number of hydrogen-bond donors (Lipinski definition) is 1. The maximum atomic E-state index is 12.6. The molecule has 4 rings (SSSR count). The summed E-state index contributed by atoms with van der Waals surface area (Å²) < 4.78 is 0. The quantitative estimate of drug-likeness (QED) is 0.933. The Morgan fingerprint density at radius 3 is 2.68 bits per heavy atom. The van der Waals surface area contributed by atoms with Gasteiger partial charge in [0.25, 0.3) is 0 Å². The normalized spacial score (nSPS) is 18.2. The Bertz CT molecular complexity index is 719. The van der Waals surface area contributed by atoms with Crippen LogP contribution in [0.3, 0.4) is 0 Å². The molecule has 2 aliphatic rings. The van der Waals surface area contributed by atoms with E-state index in [1.165, 1.54) is 19.3 Å². The van der Waals surface area contributed by atoms with E-state index in [1.54, 1.807) is 0 Å². The van der Waals surface area contributed by atoms with Crippen LogP contribution in [0.5, 0.6) is 0 Å². The molecule has 5 nitrogen and oxygen atoms in total. The first-order valence-electron chi connectivity index (χ1n) is 9.43. The van der Waals surface area contributed by atoms with Gasteiger partial charge in [-0.05, 0) is 25.9 Å². The van der Waals surface area contributed by atoms with Gasteiger partial charge in [0.1, 0.15) is 5.82 Å². The van der Waals surface area contributed by atoms with E-state index >= 15 is 0 Å². The first kappa shape index (κ1) is 16.3. The highest BCUT2D eigenvalue weighted by Gasteiger charge is 2.24. The lowest BCUT2D eigenvalue weighted by Gasteiger charge is -2.29. The van der Waals surface area contributed by atoms with Crippen LogP contribution in [-0.4, -0.2) is 51.9 Å². The van der Waals surface area contributed by atoms with Gasteiger partial charge in [-0.15, -0.1) is 0 Å². The molecule has 25 heavy (non-hydrogen) atoms. The third kappa shape index (κ3) is 3.76. The summed E-state index contributed by atoms with van der Waals surface area (Å²) in [5.41, 5.74) is 3.30. The molecule has 0 bridgehead atoms. The van der Waals surface area contributed by atoms with Crippen molar-refractivity contribution in [1.82, 2.24) is 19.8 Å². The van der Waals surface area contributed by atoms with Gasteiger partial charge in [0.2, 0.25) is 5.91 Å². The molecule has 0 atom stereocenters. The third-order valence-corrected chi connectivity index (χ3v) is 5.32. The molecule has 5 heteroatoms. The van der Waals surface area contributed by atoms with E-state index in [0.29, 0.717) is 13.0 Å². The molecule has 0 saturated carbocycles. The predicted octanol–water partition coefficient (Wildman–Crippen LogP) is 2.84. The van der Waals surface area contributed by atoms with Gasteiger partial charge in [0, 0.05) is 31.5 Å². The minimum Gasteiger partial charge on any atom is -0.340 e. The average Bonchev–Trinajstić information content (AvgIpc) is 3.11. The van der Waals surface area contributed by atoms with Gasteiger partial charge in [-0.1, -0.05) is 36.8 Å². The van der Waals surface area contributed by atoms with E-state index in [9.17, 15) is 4.79 Å². The van der Waals surface area contributed by atoms with Gasteiger partial charge in [-0.25, -0.2) is 4.98 Å². The summed E-state index contributed by atoms with van der Waals surface area (Å²) in [6, 6.07) is 10.2. The van der Waals surface area contributed by atoms with Crippen LogP contribution in [0.25, 0.3) is 11.4 Å². The summed E-state index contributed by atoms with van der Waals surface area (Å²) in [7, 11) is 0. The summed E-state index contributed by atoms with van der Waals surface area (Å²) in [6.07, 6.45) is 5.36. The molecule has 0 spiro atoms. The summed E-state index contributed by atoms with van der Waals surface area (Å²) >= 11 is 0. The molecule has 132 valence electrons. The molecule has 1 aromatic heterocycles. The number of carbonyl (C=O) groups excluding carboxylic acids is 1. The van der Waals surface area contributed by atoms with Crippen LogP contribution < -0.4 is 0 Å². The molecule has 2 aliphatic heterocycles. The first-order valence-corrected chi connectivity index (χ1v) is 9.43.